The van der Waals surface area contributed by atoms with Crippen LogP contribution in [0.15, 0.2) is 12.1 Å². The van der Waals surface area contributed by atoms with Crippen LogP contribution in [0.2, 0.25) is 0 Å². The number of hydrogen-bond donors (Lipinski definition) is 1. The number of carbonyl (C=O) groups excluding carboxylic acids is 1. The van der Waals surface area contributed by atoms with Gasteiger partial charge in [0, 0.05) is 6.04 Å². The molecular formula is C15H23NO5. The van der Waals surface area contributed by atoms with Gasteiger partial charge >= 0.3 is 5.97 Å². The van der Waals surface area contributed by atoms with E-state index in [2.05, 4.69) is 4.74 Å². The summed E-state index contributed by atoms with van der Waals surface area (Å²) in [6, 6.07) is 3.66. The number of benzene rings is 1. The Morgan fingerprint density at radius 2 is 1.67 bits per heavy atom. The number of rotatable bonds is 7. The molecule has 118 valence electrons. The third-order valence-corrected chi connectivity index (χ3v) is 2.91. The summed E-state index contributed by atoms with van der Waals surface area (Å²) in [7, 11) is 4.36. The van der Waals surface area contributed by atoms with Gasteiger partial charge in [0.15, 0.2) is 17.6 Å². The largest absolute Gasteiger partial charge is 0.493 e. The highest BCUT2D eigenvalue weighted by molar-refractivity contribution is 5.74. The molecule has 1 aromatic carbocycles. The van der Waals surface area contributed by atoms with Crippen molar-refractivity contribution >= 4 is 5.97 Å². The van der Waals surface area contributed by atoms with Crippen LogP contribution in [-0.4, -0.2) is 39.4 Å². The van der Waals surface area contributed by atoms with E-state index < -0.39 is 12.1 Å². The van der Waals surface area contributed by atoms with E-state index in [0.29, 0.717) is 23.7 Å². The second kappa shape index (κ2) is 7.73. The third kappa shape index (κ3) is 4.53. The first kappa shape index (κ1) is 17.1. The zero-order valence-electron chi connectivity index (χ0n) is 13.1. The zero-order chi connectivity index (χ0) is 16.0. The van der Waals surface area contributed by atoms with Crippen molar-refractivity contribution in [2.24, 2.45) is 5.73 Å². The van der Waals surface area contributed by atoms with E-state index in [1.807, 2.05) is 19.1 Å². The average Bonchev–Trinajstić information content (AvgIpc) is 2.46. The summed E-state index contributed by atoms with van der Waals surface area (Å²) < 4.78 is 20.9. The molecule has 6 nitrogen and oxygen atoms in total. The molecule has 0 fully saturated rings. The fourth-order valence-corrected chi connectivity index (χ4v) is 1.93. The summed E-state index contributed by atoms with van der Waals surface area (Å²) in [6.45, 7) is 3.52. The van der Waals surface area contributed by atoms with Crippen LogP contribution in [0.1, 0.15) is 19.4 Å². The van der Waals surface area contributed by atoms with Gasteiger partial charge in [-0.25, -0.2) is 4.79 Å². The highest BCUT2D eigenvalue weighted by Crippen LogP contribution is 2.39. The Labute approximate surface area is 125 Å². The van der Waals surface area contributed by atoms with Crippen LogP contribution in [-0.2, 0) is 16.0 Å². The maximum Gasteiger partial charge on any atom is 0.346 e. The quantitative estimate of drug-likeness (QED) is 0.769. The summed E-state index contributed by atoms with van der Waals surface area (Å²) >= 11 is 0. The second-order valence-corrected chi connectivity index (χ2v) is 4.79. The Balaban J connectivity index is 3.14. The van der Waals surface area contributed by atoms with E-state index in [9.17, 15) is 4.79 Å². The maximum atomic E-state index is 11.5. The van der Waals surface area contributed by atoms with Crippen molar-refractivity contribution in [1.29, 1.82) is 0 Å². The van der Waals surface area contributed by atoms with Crippen LogP contribution < -0.4 is 19.9 Å². The first-order valence-electron chi connectivity index (χ1n) is 6.67. The van der Waals surface area contributed by atoms with Crippen LogP contribution in [0.5, 0.6) is 17.2 Å². The van der Waals surface area contributed by atoms with Gasteiger partial charge in [0.1, 0.15) is 0 Å². The summed E-state index contributed by atoms with van der Waals surface area (Å²) in [5.74, 6) is 0.867. The Hall–Kier alpha value is -1.95. The van der Waals surface area contributed by atoms with E-state index in [4.69, 9.17) is 19.9 Å². The van der Waals surface area contributed by atoms with Gasteiger partial charge in [-0.3, -0.25) is 0 Å². The molecule has 0 heterocycles. The number of esters is 1. The summed E-state index contributed by atoms with van der Waals surface area (Å²) in [4.78, 5) is 11.5. The molecule has 0 aliphatic heterocycles. The number of nitrogens with two attached hydrogens (primary N) is 1. The highest BCUT2D eigenvalue weighted by Gasteiger charge is 2.21. The molecule has 0 amide bonds. The molecule has 0 spiro atoms. The number of hydrogen-bond acceptors (Lipinski definition) is 6. The monoisotopic (exact) mass is 297 g/mol. The Bertz CT molecular complexity index is 462. The van der Waals surface area contributed by atoms with Gasteiger partial charge in [-0.2, -0.15) is 0 Å². The predicted molar refractivity (Wildman–Crippen MR) is 79.0 cm³/mol. The van der Waals surface area contributed by atoms with Gasteiger partial charge in [-0.05, 0) is 38.0 Å². The molecular weight excluding hydrogens is 274 g/mol. The van der Waals surface area contributed by atoms with E-state index in [1.54, 1.807) is 6.92 Å². The number of carbonyl (C=O) groups is 1. The standard InChI is InChI=1S/C15H23NO5/c1-9(16)6-11-7-12(18-3)14(13(8-11)19-4)21-10(2)15(17)20-5/h7-10H,6,16H2,1-5H3. The second-order valence-electron chi connectivity index (χ2n) is 4.79. The molecule has 0 aliphatic rings. The van der Waals surface area contributed by atoms with E-state index >= 15 is 0 Å². The zero-order valence-corrected chi connectivity index (χ0v) is 13.1. The van der Waals surface area contributed by atoms with Gasteiger partial charge in [-0.1, -0.05) is 0 Å². The van der Waals surface area contributed by atoms with Crippen LogP contribution in [0.3, 0.4) is 0 Å². The van der Waals surface area contributed by atoms with Gasteiger partial charge in [0.25, 0.3) is 0 Å². The molecule has 0 saturated heterocycles. The number of methoxy groups -OCH3 is 3. The molecule has 1 rings (SSSR count). The molecule has 0 radical (unpaired) electrons. The molecule has 0 aliphatic carbocycles. The van der Waals surface area contributed by atoms with E-state index in [1.165, 1.54) is 21.3 Å². The lowest BCUT2D eigenvalue weighted by Gasteiger charge is -2.19. The van der Waals surface area contributed by atoms with Crippen molar-refractivity contribution in [3.8, 4) is 17.2 Å². The molecule has 2 atom stereocenters. The molecule has 0 bridgehead atoms. The number of ether oxygens (including phenoxy) is 4. The summed E-state index contributed by atoms with van der Waals surface area (Å²) in [6.07, 6.45) is -0.0865. The van der Waals surface area contributed by atoms with Gasteiger partial charge in [0.2, 0.25) is 5.75 Å². The molecule has 21 heavy (non-hydrogen) atoms. The lowest BCUT2D eigenvalue weighted by molar-refractivity contribution is -0.148. The summed E-state index contributed by atoms with van der Waals surface area (Å²) in [5.41, 5.74) is 6.78. The van der Waals surface area contributed by atoms with Crippen LogP contribution in [0, 0.1) is 0 Å². The van der Waals surface area contributed by atoms with E-state index in [0.717, 1.165) is 5.56 Å². The normalized spacial score (nSPS) is 13.2. The molecule has 2 unspecified atom stereocenters. The van der Waals surface area contributed by atoms with Gasteiger partial charge in [-0.15, -0.1) is 0 Å². The van der Waals surface area contributed by atoms with Crippen LogP contribution >= 0.6 is 0 Å². The van der Waals surface area contributed by atoms with Crippen molar-refractivity contribution < 1.29 is 23.7 Å². The van der Waals surface area contributed by atoms with Crippen molar-refractivity contribution in [3.05, 3.63) is 17.7 Å². The Morgan fingerprint density at radius 1 is 1.14 bits per heavy atom. The first-order chi connectivity index (χ1) is 9.92. The molecule has 0 saturated carbocycles. The molecule has 6 heteroatoms. The minimum absolute atomic E-state index is 0.0140. The fourth-order valence-electron chi connectivity index (χ4n) is 1.93. The predicted octanol–water partition coefficient (Wildman–Crippen LogP) is 1.53. The third-order valence-electron chi connectivity index (χ3n) is 2.91. The fraction of sp³-hybridized carbons (Fsp3) is 0.533. The highest BCUT2D eigenvalue weighted by atomic mass is 16.6. The molecule has 2 N–H and O–H groups in total. The van der Waals surface area contributed by atoms with Crippen molar-refractivity contribution in [1.82, 2.24) is 0 Å². The van der Waals surface area contributed by atoms with Gasteiger partial charge in [0.05, 0.1) is 21.3 Å². The minimum Gasteiger partial charge on any atom is -0.493 e. The minimum atomic E-state index is -0.767. The van der Waals surface area contributed by atoms with Crippen LogP contribution in [0.25, 0.3) is 0 Å². The molecule has 0 aromatic heterocycles. The first-order valence-corrected chi connectivity index (χ1v) is 6.67. The van der Waals surface area contributed by atoms with Crippen molar-refractivity contribution in [2.75, 3.05) is 21.3 Å². The lowest BCUT2D eigenvalue weighted by Crippen LogP contribution is -2.25. The summed E-state index contributed by atoms with van der Waals surface area (Å²) in [5, 5.41) is 0. The molecule has 1 aromatic rings. The Kier molecular flexibility index (Phi) is 6.30. The average molecular weight is 297 g/mol. The van der Waals surface area contributed by atoms with Gasteiger partial charge < -0.3 is 24.7 Å². The van der Waals surface area contributed by atoms with Crippen molar-refractivity contribution in [3.63, 3.8) is 0 Å². The SMILES string of the molecule is COC(=O)C(C)Oc1c(OC)cc(CC(C)N)cc1OC. The smallest absolute Gasteiger partial charge is 0.346 e. The lowest BCUT2D eigenvalue weighted by atomic mass is 10.1. The van der Waals surface area contributed by atoms with E-state index in [-0.39, 0.29) is 6.04 Å². The van der Waals surface area contributed by atoms with Crippen molar-refractivity contribution in [2.45, 2.75) is 32.4 Å². The Morgan fingerprint density at radius 3 is 2.05 bits per heavy atom. The van der Waals surface area contributed by atoms with Crippen LogP contribution in [0.4, 0.5) is 0 Å². The maximum absolute atomic E-state index is 11.5. The topological polar surface area (TPSA) is 80.0 Å².